The third-order valence-corrected chi connectivity index (χ3v) is 6.06. The minimum Gasteiger partial charge on any atom is -0.339 e. The number of hydrogen-bond donors (Lipinski definition) is 1. The van der Waals surface area contributed by atoms with Gasteiger partial charge in [0.05, 0.1) is 0 Å². The summed E-state index contributed by atoms with van der Waals surface area (Å²) in [6.07, 6.45) is 9.05. The number of fused-ring (bicyclic) bond motifs is 1. The maximum absolute atomic E-state index is 5.99. The van der Waals surface area contributed by atoms with Gasteiger partial charge in [0.2, 0.25) is 11.7 Å². The van der Waals surface area contributed by atoms with Crippen molar-refractivity contribution in [1.29, 1.82) is 0 Å². The number of aromatic nitrogens is 5. The van der Waals surface area contributed by atoms with Gasteiger partial charge in [0.1, 0.15) is 5.82 Å². The van der Waals surface area contributed by atoms with Crippen molar-refractivity contribution in [2.45, 2.75) is 57.4 Å². The van der Waals surface area contributed by atoms with Crippen LogP contribution >= 0.6 is 0 Å². The number of aryl methyl sites for hydroxylation is 1. The van der Waals surface area contributed by atoms with Crippen LogP contribution in [0, 0.1) is 12.3 Å². The molecule has 25 heavy (non-hydrogen) atoms. The molecule has 0 aromatic carbocycles. The fourth-order valence-electron chi connectivity index (χ4n) is 4.59. The van der Waals surface area contributed by atoms with Crippen molar-refractivity contribution in [3.8, 4) is 11.4 Å². The molecule has 0 aliphatic heterocycles. The van der Waals surface area contributed by atoms with Gasteiger partial charge in [0, 0.05) is 23.7 Å². The van der Waals surface area contributed by atoms with Gasteiger partial charge in [0.25, 0.3) is 0 Å². The predicted octanol–water partition coefficient (Wildman–Crippen LogP) is 2.85. The molecule has 130 valence electrons. The lowest BCUT2D eigenvalue weighted by atomic mass is 9.57. The first-order chi connectivity index (χ1) is 12.1. The van der Waals surface area contributed by atoms with Crippen molar-refractivity contribution in [2.24, 2.45) is 11.1 Å². The number of hydrogen-bond acceptors (Lipinski definition) is 6. The van der Waals surface area contributed by atoms with Gasteiger partial charge in [-0.3, -0.25) is 4.40 Å². The zero-order valence-corrected chi connectivity index (χ0v) is 14.4. The zero-order valence-electron chi connectivity index (χ0n) is 14.4. The summed E-state index contributed by atoms with van der Waals surface area (Å²) >= 11 is 0. The molecule has 3 aromatic rings. The van der Waals surface area contributed by atoms with Crippen molar-refractivity contribution in [3.63, 3.8) is 0 Å². The van der Waals surface area contributed by atoms with Crippen LogP contribution in [0.15, 0.2) is 22.9 Å². The molecule has 2 N–H and O–H groups in total. The van der Waals surface area contributed by atoms with E-state index in [4.69, 9.17) is 10.3 Å². The predicted molar refractivity (Wildman–Crippen MR) is 91.9 cm³/mol. The smallest absolute Gasteiger partial charge is 0.230 e. The van der Waals surface area contributed by atoms with Crippen LogP contribution in [-0.4, -0.2) is 30.8 Å². The second-order valence-electron chi connectivity index (χ2n) is 7.79. The Morgan fingerprint density at radius 1 is 1.20 bits per heavy atom. The first-order valence-corrected chi connectivity index (χ1v) is 9.03. The van der Waals surface area contributed by atoms with Gasteiger partial charge < -0.3 is 10.3 Å². The molecule has 0 radical (unpaired) electrons. The maximum Gasteiger partial charge on any atom is 0.230 e. The van der Waals surface area contributed by atoms with E-state index in [-0.39, 0.29) is 0 Å². The minimum absolute atomic E-state index is 0.379. The highest BCUT2D eigenvalue weighted by Crippen LogP contribution is 2.53. The van der Waals surface area contributed by atoms with Crippen LogP contribution in [0.3, 0.4) is 0 Å². The van der Waals surface area contributed by atoms with E-state index in [0.29, 0.717) is 23.2 Å². The molecule has 1 spiro atoms. The summed E-state index contributed by atoms with van der Waals surface area (Å²) in [6.45, 7) is 1.93. The Morgan fingerprint density at radius 3 is 2.76 bits per heavy atom. The normalized spacial score (nSPS) is 29.2. The zero-order chi connectivity index (χ0) is 17.0. The summed E-state index contributed by atoms with van der Waals surface area (Å²) in [5.74, 6) is 2.63. The lowest BCUT2D eigenvalue weighted by Gasteiger charge is -2.50. The molecule has 2 aliphatic rings. The fourth-order valence-corrected chi connectivity index (χ4v) is 4.59. The standard InChI is InChI=1S/C18H22N6O/c1-11-21-22-15-3-2-13(10-24(11)15)16-20-17(25-23-16)12-4-6-18(7-5-12)8-14(19)9-18/h2-3,10,12,14H,4-9,19H2,1H3. The molecule has 3 aromatic heterocycles. The fraction of sp³-hybridized carbons (Fsp3) is 0.556. The second kappa shape index (κ2) is 5.36. The van der Waals surface area contributed by atoms with Crippen LogP contribution in [0.5, 0.6) is 0 Å². The Bertz CT molecular complexity index is 913. The Labute approximate surface area is 145 Å². The van der Waals surface area contributed by atoms with E-state index in [2.05, 4.69) is 20.3 Å². The van der Waals surface area contributed by atoms with Crippen molar-refractivity contribution in [3.05, 3.63) is 30.0 Å². The van der Waals surface area contributed by atoms with Crippen molar-refractivity contribution in [2.75, 3.05) is 0 Å². The van der Waals surface area contributed by atoms with Gasteiger partial charge in [0.15, 0.2) is 5.65 Å². The van der Waals surface area contributed by atoms with Crippen LogP contribution in [0.25, 0.3) is 17.0 Å². The van der Waals surface area contributed by atoms with Crippen LogP contribution in [0.4, 0.5) is 0 Å². The largest absolute Gasteiger partial charge is 0.339 e. The van der Waals surface area contributed by atoms with Crippen molar-refractivity contribution < 1.29 is 4.52 Å². The van der Waals surface area contributed by atoms with E-state index >= 15 is 0 Å². The third kappa shape index (κ3) is 2.45. The quantitative estimate of drug-likeness (QED) is 0.772. The lowest BCUT2D eigenvalue weighted by Crippen LogP contribution is -2.47. The molecule has 2 fully saturated rings. The van der Waals surface area contributed by atoms with E-state index in [9.17, 15) is 0 Å². The Balaban J connectivity index is 1.35. The molecule has 5 rings (SSSR count). The second-order valence-corrected chi connectivity index (χ2v) is 7.79. The summed E-state index contributed by atoms with van der Waals surface area (Å²) < 4.78 is 7.54. The Hall–Kier alpha value is -2.28. The van der Waals surface area contributed by atoms with Crippen molar-refractivity contribution in [1.82, 2.24) is 24.7 Å². The lowest BCUT2D eigenvalue weighted by molar-refractivity contribution is 0.0443. The molecule has 3 heterocycles. The molecule has 0 bridgehead atoms. The molecule has 0 atom stereocenters. The third-order valence-electron chi connectivity index (χ3n) is 6.06. The van der Waals surface area contributed by atoms with E-state index in [1.807, 2.05) is 29.7 Å². The van der Waals surface area contributed by atoms with E-state index in [1.165, 1.54) is 25.7 Å². The van der Waals surface area contributed by atoms with E-state index in [0.717, 1.165) is 35.8 Å². The first-order valence-electron chi connectivity index (χ1n) is 9.03. The highest BCUT2D eigenvalue weighted by Gasteiger charge is 2.45. The molecular weight excluding hydrogens is 316 g/mol. The number of nitrogens with zero attached hydrogens (tertiary/aromatic N) is 5. The van der Waals surface area contributed by atoms with E-state index in [1.54, 1.807) is 0 Å². The van der Waals surface area contributed by atoms with Crippen LogP contribution in [0.2, 0.25) is 0 Å². The SMILES string of the molecule is Cc1nnc2ccc(-c3noc(C4CCC5(CC4)CC(N)C5)n3)cn12. The highest BCUT2D eigenvalue weighted by molar-refractivity contribution is 5.57. The number of nitrogens with two attached hydrogens (primary N) is 1. The molecule has 0 unspecified atom stereocenters. The summed E-state index contributed by atoms with van der Waals surface area (Å²) in [5, 5.41) is 12.4. The summed E-state index contributed by atoms with van der Waals surface area (Å²) in [7, 11) is 0. The molecule has 7 heteroatoms. The highest BCUT2D eigenvalue weighted by atomic mass is 16.5. The van der Waals surface area contributed by atoms with Gasteiger partial charge in [-0.25, -0.2) is 0 Å². The van der Waals surface area contributed by atoms with Crippen LogP contribution < -0.4 is 5.73 Å². The summed E-state index contributed by atoms with van der Waals surface area (Å²) in [6, 6.07) is 4.31. The molecule has 2 saturated carbocycles. The minimum atomic E-state index is 0.379. The maximum atomic E-state index is 5.99. The number of pyridine rings is 1. The average molecular weight is 338 g/mol. The molecule has 0 amide bonds. The Kier molecular flexibility index (Phi) is 3.22. The van der Waals surface area contributed by atoms with Crippen LogP contribution in [-0.2, 0) is 0 Å². The molecule has 7 nitrogen and oxygen atoms in total. The van der Waals surface area contributed by atoms with Gasteiger partial charge in [-0.15, -0.1) is 10.2 Å². The van der Waals surface area contributed by atoms with Gasteiger partial charge >= 0.3 is 0 Å². The van der Waals surface area contributed by atoms with Gasteiger partial charge in [-0.05, 0) is 63.0 Å². The van der Waals surface area contributed by atoms with Crippen molar-refractivity contribution >= 4 is 5.65 Å². The Morgan fingerprint density at radius 2 is 2.00 bits per heavy atom. The number of rotatable bonds is 2. The molecule has 2 aliphatic carbocycles. The summed E-state index contributed by atoms with van der Waals surface area (Å²) in [4.78, 5) is 4.67. The first kappa shape index (κ1) is 15.0. The molecule has 0 saturated heterocycles. The average Bonchev–Trinajstić information content (AvgIpc) is 3.22. The topological polar surface area (TPSA) is 95.1 Å². The monoisotopic (exact) mass is 338 g/mol. The van der Waals surface area contributed by atoms with Gasteiger partial charge in [-0.2, -0.15) is 4.98 Å². The van der Waals surface area contributed by atoms with Crippen LogP contribution in [0.1, 0.15) is 56.2 Å². The van der Waals surface area contributed by atoms with E-state index < -0.39 is 0 Å². The van der Waals surface area contributed by atoms with Gasteiger partial charge in [-0.1, -0.05) is 5.16 Å². The molecular formula is C18H22N6O. The summed E-state index contributed by atoms with van der Waals surface area (Å²) in [5.41, 5.74) is 8.24.